The van der Waals surface area contributed by atoms with E-state index < -0.39 is 59.4 Å². The van der Waals surface area contributed by atoms with Gasteiger partial charge in [-0.05, 0) is 27.1 Å². The zero-order chi connectivity index (χ0) is 28.3. The van der Waals surface area contributed by atoms with Gasteiger partial charge in [-0.25, -0.2) is 13.6 Å². The van der Waals surface area contributed by atoms with Crippen LogP contribution in [0.25, 0.3) is 0 Å². The van der Waals surface area contributed by atoms with E-state index in [9.17, 15) is 28.0 Å². The van der Waals surface area contributed by atoms with E-state index in [1.54, 1.807) is 25.9 Å². The van der Waals surface area contributed by atoms with Gasteiger partial charge in [-0.3, -0.25) is 14.4 Å². The molecule has 1 aromatic carbocycles. The van der Waals surface area contributed by atoms with E-state index in [0.717, 1.165) is 6.07 Å². The molecule has 1 saturated heterocycles. The lowest BCUT2D eigenvalue weighted by atomic mass is 10.1. The van der Waals surface area contributed by atoms with Crippen LogP contribution in [0.1, 0.15) is 33.3 Å². The molecule has 2 amide bonds. The minimum absolute atomic E-state index is 0.000345. The molecule has 2 aliphatic heterocycles. The minimum Gasteiger partial charge on any atom is -0.451 e. The molecule has 2 aromatic rings. The zero-order valence-electron chi connectivity index (χ0n) is 21.6. The standard InChI is InChI=1S/C25H28F2N4O8/c1-14-12-37-19-11-30-10-17(23(33)28-9-15-4-5-16(26)8-18(15)27)21(32)22(20(30)24(34)31(14)19)38-13-39-25(35)36-7-6-29(2)3/h4-5,8,10,14,19H,6-7,9,11-13H2,1-3H3,(H,28,33)/t14-,19+/m0/s1. The van der Waals surface area contributed by atoms with Crippen molar-refractivity contribution < 1.29 is 42.1 Å². The normalized spacial score (nSPS) is 18.0. The number of ether oxygens (including phenoxy) is 4. The van der Waals surface area contributed by atoms with Gasteiger partial charge in [0.15, 0.2) is 11.9 Å². The maximum atomic E-state index is 14.0. The first-order valence-corrected chi connectivity index (χ1v) is 12.1. The summed E-state index contributed by atoms with van der Waals surface area (Å²) in [5, 5.41) is 2.42. The molecule has 2 atom stereocenters. The van der Waals surface area contributed by atoms with Crippen molar-refractivity contribution in [3.05, 3.63) is 63.1 Å². The van der Waals surface area contributed by atoms with Gasteiger partial charge in [-0.15, -0.1) is 0 Å². The number of hydrogen-bond acceptors (Lipinski definition) is 9. The van der Waals surface area contributed by atoms with Gasteiger partial charge in [0.1, 0.15) is 23.8 Å². The molecule has 1 aromatic heterocycles. The lowest BCUT2D eigenvalue weighted by Crippen LogP contribution is -2.49. The quantitative estimate of drug-likeness (QED) is 0.363. The summed E-state index contributed by atoms with van der Waals surface area (Å²) < 4.78 is 49.4. The monoisotopic (exact) mass is 550 g/mol. The molecule has 14 heteroatoms. The summed E-state index contributed by atoms with van der Waals surface area (Å²) in [6, 6.07) is 2.61. The predicted octanol–water partition coefficient (Wildman–Crippen LogP) is 1.31. The summed E-state index contributed by atoms with van der Waals surface area (Å²) in [5.41, 5.74) is -1.49. The van der Waals surface area contributed by atoms with Crippen molar-refractivity contribution in [1.29, 1.82) is 0 Å². The summed E-state index contributed by atoms with van der Waals surface area (Å²) in [6.45, 7) is 1.58. The van der Waals surface area contributed by atoms with E-state index in [1.165, 1.54) is 21.7 Å². The van der Waals surface area contributed by atoms with Gasteiger partial charge >= 0.3 is 6.16 Å². The molecule has 2 aliphatic rings. The van der Waals surface area contributed by atoms with Gasteiger partial charge in [-0.2, -0.15) is 0 Å². The van der Waals surface area contributed by atoms with Crippen LogP contribution in [-0.2, 0) is 27.3 Å². The number of likely N-dealkylation sites (N-methyl/N-ethyl adjacent to an activating group) is 1. The second-order valence-electron chi connectivity index (χ2n) is 9.28. The largest absolute Gasteiger partial charge is 0.511 e. The van der Waals surface area contributed by atoms with Crippen LogP contribution < -0.4 is 15.5 Å². The van der Waals surface area contributed by atoms with Crippen molar-refractivity contribution in [2.75, 3.05) is 40.6 Å². The Kier molecular flexibility index (Phi) is 8.45. The number of pyridine rings is 1. The van der Waals surface area contributed by atoms with Crippen LogP contribution in [0, 0.1) is 11.6 Å². The second-order valence-corrected chi connectivity index (χ2v) is 9.28. The van der Waals surface area contributed by atoms with Crippen molar-refractivity contribution in [2.24, 2.45) is 0 Å². The smallest absolute Gasteiger partial charge is 0.451 e. The molecule has 3 heterocycles. The number of hydrogen-bond donors (Lipinski definition) is 1. The molecule has 0 radical (unpaired) electrons. The van der Waals surface area contributed by atoms with E-state index in [0.29, 0.717) is 12.6 Å². The molecule has 0 unspecified atom stereocenters. The van der Waals surface area contributed by atoms with Gasteiger partial charge in [0.05, 0.1) is 19.2 Å². The Bertz CT molecular complexity index is 1330. The number of fused-ring (bicyclic) bond motifs is 2. The molecule has 1 fully saturated rings. The number of benzene rings is 1. The average Bonchev–Trinajstić information content (AvgIpc) is 3.25. The Balaban J connectivity index is 1.58. The fraction of sp³-hybridized carbons (Fsp3) is 0.440. The SMILES string of the molecule is C[C@H]1CO[C@@H]2Cn3cc(C(=O)NCc4ccc(F)cc4F)c(=O)c(OCOC(=O)OCCN(C)C)c3C(=O)N12. The number of aromatic nitrogens is 1. The maximum absolute atomic E-state index is 14.0. The summed E-state index contributed by atoms with van der Waals surface area (Å²) in [4.78, 5) is 54.8. The fourth-order valence-electron chi connectivity index (χ4n) is 4.18. The van der Waals surface area contributed by atoms with Gasteiger partial charge in [-0.1, -0.05) is 6.07 Å². The van der Waals surface area contributed by atoms with Crippen LogP contribution in [0.5, 0.6) is 5.75 Å². The van der Waals surface area contributed by atoms with Crippen molar-refractivity contribution in [2.45, 2.75) is 32.3 Å². The Hall–Kier alpha value is -4.04. The first kappa shape index (κ1) is 28.0. The van der Waals surface area contributed by atoms with Crippen LogP contribution in [0.4, 0.5) is 13.6 Å². The molecule has 4 rings (SSSR count). The average molecular weight is 551 g/mol. The van der Waals surface area contributed by atoms with Crippen molar-refractivity contribution in [1.82, 2.24) is 19.7 Å². The second kappa shape index (κ2) is 11.8. The van der Waals surface area contributed by atoms with E-state index >= 15 is 0 Å². The lowest BCUT2D eigenvalue weighted by Gasteiger charge is -2.34. The summed E-state index contributed by atoms with van der Waals surface area (Å²) in [6.07, 6.45) is -0.477. The van der Waals surface area contributed by atoms with Crippen molar-refractivity contribution >= 4 is 18.0 Å². The number of rotatable bonds is 9. The first-order chi connectivity index (χ1) is 18.6. The Morgan fingerprint density at radius 2 is 1.97 bits per heavy atom. The maximum Gasteiger partial charge on any atom is 0.511 e. The zero-order valence-corrected chi connectivity index (χ0v) is 21.6. The number of nitrogens with zero attached hydrogens (tertiary/aromatic N) is 3. The Morgan fingerprint density at radius 1 is 1.21 bits per heavy atom. The molecular weight excluding hydrogens is 522 g/mol. The third-order valence-corrected chi connectivity index (χ3v) is 6.18. The van der Waals surface area contributed by atoms with Crippen molar-refractivity contribution in [3.8, 4) is 5.75 Å². The molecule has 0 spiro atoms. The highest BCUT2D eigenvalue weighted by atomic mass is 19.1. The van der Waals surface area contributed by atoms with Crippen LogP contribution in [-0.4, -0.2) is 85.3 Å². The third kappa shape index (κ3) is 6.17. The molecule has 0 saturated carbocycles. The highest BCUT2D eigenvalue weighted by molar-refractivity contribution is 5.99. The lowest BCUT2D eigenvalue weighted by molar-refractivity contribution is -0.00268. The topological polar surface area (TPSA) is 129 Å². The highest BCUT2D eigenvalue weighted by Crippen LogP contribution is 2.30. The van der Waals surface area contributed by atoms with Crippen LogP contribution in [0.2, 0.25) is 0 Å². The molecule has 210 valence electrons. The van der Waals surface area contributed by atoms with E-state index in [-0.39, 0.29) is 43.6 Å². The minimum atomic E-state index is -1.05. The molecule has 0 aliphatic carbocycles. The predicted molar refractivity (Wildman–Crippen MR) is 130 cm³/mol. The molecule has 1 N–H and O–H groups in total. The van der Waals surface area contributed by atoms with E-state index in [4.69, 9.17) is 18.9 Å². The van der Waals surface area contributed by atoms with Crippen LogP contribution in [0.15, 0.2) is 29.2 Å². The number of amides is 2. The third-order valence-electron chi connectivity index (χ3n) is 6.18. The number of carbonyl (C=O) groups excluding carboxylic acids is 3. The molecule has 0 bridgehead atoms. The fourth-order valence-corrected chi connectivity index (χ4v) is 4.18. The molecule has 39 heavy (non-hydrogen) atoms. The number of nitrogens with one attached hydrogen (secondary N) is 1. The molecule has 12 nitrogen and oxygen atoms in total. The van der Waals surface area contributed by atoms with Crippen molar-refractivity contribution in [3.63, 3.8) is 0 Å². The van der Waals surface area contributed by atoms with Gasteiger partial charge < -0.3 is 38.6 Å². The Labute approximate surface area is 222 Å². The summed E-state index contributed by atoms with van der Waals surface area (Å²) in [5.74, 6) is -3.59. The molecular formula is C25H28F2N4O8. The summed E-state index contributed by atoms with van der Waals surface area (Å²) >= 11 is 0. The van der Waals surface area contributed by atoms with E-state index in [2.05, 4.69) is 5.32 Å². The van der Waals surface area contributed by atoms with Crippen LogP contribution in [0.3, 0.4) is 0 Å². The Morgan fingerprint density at radius 3 is 2.69 bits per heavy atom. The number of halogens is 2. The van der Waals surface area contributed by atoms with Gasteiger partial charge in [0.25, 0.3) is 11.8 Å². The van der Waals surface area contributed by atoms with Crippen LogP contribution >= 0.6 is 0 Å². The van der Waals surface area contributed by atoms with E-state index in [1.807, 2.05) is 0 Å². The highest BCUT2D eigenvalue weighted by Gasteiger charge is 2.43. The number of carbonyl (C=O) groups is 3. The first-order valence-electron chi connectivity index (χ1n) is 12.1. The van der Waals surface area contributed by atoms with Gasteiger partial charge in [0, 0.05) is 30.9 Å². The summed E-state index contributed by atoms with van der Waals surface area (Å²) in [7, 11) is 3.59. The van der Waals surface area contributed by atoms with Gasteiger partial charge in [0.2, 0.25) is 18.0 Å².